The van der Waals surface area contributed by atoms with Gasteiger partial charge in [0, 0.05) is 13.0 Å². The number of hydrogen-bond acceptors (Lipinski definition) is 8. The predicted molar refractivity (Wildman–Crippen MR) is 137 cm³/mol. The van der Waals surface area contributed by atoms with Gasteiger partial charge in [-0.15, -0.1) is 0 Å². The first-order valence-electron chi connectivity index (χ1n) is 12.7. The summed E-state index contributed by atoms with van der Waals surface area (Å²) in [7, 11) is 1.22. The first-order chi connectivity index (χ1) is 17.5. The number of carbonyl (C=O) groups is 4. The van der Waals surface area contributed by atoms with Crippen LogP contribution >= 0.6 is 0 Å². The van der Waals surface area contributed by atoms with E-state index in [9.17, 15) is 19.2 Å². The molecule has 1 unspecified atom stereocenters. The molecule has 1 aromatic carbocycles. The summed E-state index contributed by atoms with van der Waals surface area (Å²) in [5.41, 5.74) is 0.786. The van der Waals surface area contributed by atoms with Crippen molar-refractivity contribution in [2.75, 3.05) is 20.3 Å². The molecule has 2 amide bonds. The van der Waals surface area contributed by atoms with E-state index >= 15 is 0 Å². The summed E-state index contributed by atoms with van der Waals surface area (Å²) in [6.07, 6.45) is -0.999. The molecule has 0 aromatic heterocycles. The van der Waals surface area contributed by atoms with Crippen LogP contribution in [0.2, 0.25) is 0 Å². The lowest BCUT2D eigenvalue weighted by atomic mass is 10.1. The lowest BCUT2D eigenvalue weighted by Crippen LogP contribution is -2.55. The van der Waals surface area contributed by atoms with Gasteiger partial charge in [0.25, 0.3) is 0 Å². The summed E-state index contributed by atoms with van der Waals surface area (Å²) < 4.78 is 21.0. The lowest BCUT2D eigenvalue weighted by molar-refractivity contribution is -0.150. The average molecular weight is 523 g/mol. The minimum absolute atomic E-state index is 0.0212. The minimum atomic E-state index is -1.09. The van der Waals surface area contributed by atoms with E-state index in [2.05, 4.69) is 10.6 Å². The molecule has 2 N–H and O–H groups in total. The molecule has 1 aromatic rings. The van der Waals surface area contributed by atoms with Gasteiger partial charge in [-0.3, -0.25) is 9.59 Å². The van der Waals surface area contributed by atoms with Crippen molar-refractivity contribution in [3.63, 3.8) is 0 Å². The van der Waals surface area contributed by atoms with Crippen molar-refractivity contribution in [2.24, 2.45) is 11.8 Å². The summed E-state index contributed by atoms with van der Waals surface area (Å²) in [6, 6.07) is 6.95. The topological polar surface area (TPSA) is 129 Å². The molecule has 10 heteroatoms. The van der Waals surface area contributed by atoms with Crippen molar-refractivity contribution >= 4 is 23.9 Å². The molecular formula is C27H42N2O8. The number of nitrogens with one attached hydrogen (secondary N) is 2. The molecule has 0 radical (unpaired) electrons. The molecular weight excluding hydrogens is 480 g/mol. The van der Waals surface area contributed by atoms with Gasteiger partial charge in [0.05, 0.1) is 19.8 Å². The van der Waals surface area contributed by atoms with Crippen LogP contribution in [0.1, 0.15) is 59.4 Å². The van der Waals surface area contributed by atoms with Gasteiger partial charge in [-0.25, -0.2) is 9.59 Å². The standard InChI is InChI=1S/C27H42N2O8/c1-18(2)15-35-20(5)24(26(32)34-6)29-25(31)22(13-10-14-23(30)36-16-19(3)4)28-27(33)37-17-21-11-8-7-9-12-21/h7-9,11-12,18-20,22,24H,10,13-17H2,1-6H3,(H,28,33)(H,29,31)/t20?,22-,24-/m0/s1. The van der Waals surface area contributed by atoms with Gasteiger partial charge in [-0.2, -0.15) is 0 Å². The fourth-order valence-corrected chi connectivity index (χ4v) is 3.15. The summed E-state index contributed by atoms with van der Waals surface area (Å²) in [4.78, 5) is 50.0. The molecule has 10 nitrogen and oxygen atoms in total. The smallest absolute Gasteiger partial charge is 0.408 e. The Labute approximate surface area is 219 Å². The highest BCUT2D eigenvalue weighted by molar-refractivity contribution is 5.90. The van der Waals surface area contributed by atoms with Gasteiger partial charge < -0.3 is 29.6 Å². The maximum atomic E-state index is 13.2. The number of amides is 2. The Balaban J connectivity index is 2.86. The van der Waals surface area contributed by atoms with Gasteiger partial charge in [0.1, 0.15) is 12.6 Å². The van der Waals surface area contributed by atoms with Crippen LogP contribution < -0.4 is 10.6 Å². The average Bonchev–Trinajstić information content (AvgIpc) is 2.87. The normalized spacial score (nSPS) is 13.4. The third kappa shape index (κ3) is 13.7. The van der Waals surface area contributed by atoms with E-state index in [0.29, 0.717) is 13.2 Å². The minimum Gasteiger partial charge on any atom is -0.467 e. The first-order valence-corrected chi connectivity index (χ1v) is 12.7. The molecule has 0 heterocycles. The molecule has 0 aliphatic carbocycles. The van der Waals surface area contributed by atoms with E-state index in [0.717, 1.165) is 5.56 Å². The van der Waals surface area contributed by atoms with E-state index in [1.807, 2.05) is 45.9 Å². The quantitative estimate of drug-likeness (QED) is 0.250. The fourth-order valence-electron chi connectivity index (χ4n) is 3.15. The van der Waals surface area contributed by atoms with Crippen LogP contribution in [-0.2, 0) is 39.9 Å². The van der Waals surface area contributed by atoms with Crippen LogP contribution in [0.4, 0.5) is 4.79 Å². The van der Waals surface area contributed by atoms with Crippen molar-refractivity contribution in [3.05, 3.63) is 35.9 Å². The molecule has 3 atom stereocenters. The fraction of sp³-hybridized carbons (Fsp3) is 0.630. The number of alkyl carbamates (subject to hydrolysis) is 1. The van der Waals surface area contributed by atoms with Gasteiger partial charge in [-0.05, 0) is 37.2 Å². The molecule has 0 fully saturated rings. The maximum Gasteiger partial charge on any atom is 0.408 e. The van der Waals surface area contributed by atoms with E-state index in [1.165, 1.54) is 7.11 Å². The Bertz CT molecular complexity index is 844. The largest absolute Gasteiger partial charge is 0.467 e. The van der Waals surface area contributed by atoms with E-state index in [4.69, 9.17) is 18.9 Å². The summed E-state index contributed by atoms with van der Waals surface area (Å²) in [5.74, 6) is -1.25. The highest BCUT2D eigenvalue weighted by Crippen LogP contribution is 2.09. The number of ether oxygens (including phenoxy) is 4. The molecule has 208 valence electrons. The van der Waals surface area contributed by atoms with Crippen LogP contribution in [0.15, 0.2) is 30.3 Å². The number of rotatable bonds is 16. The van der Waals surface area contributed by atoms with Gasteiger partial charge in [0.2, 0.25) is 5.91 Å². The highest BCUT2D eigenvalue weighted by Gasteiger charge is 2.32. The third-order valence-electron chi connectivity index (χ3n) is 5.19. The Kier molecular flexibility index (Phi) is 14.9. The monoisotopic (exact) mass is 522 g/mol. The summed E-state index contributed by atoms with van der Waals surface area (Å²) >= 11 is 0. The Morgan fingerprint density at radius 2 is 1.51 bits per heavy atom. The first kappa shape index (κ1) is 31.9. The SMILES string of the molecule is COC(=O)[C@@H](NC(=O)[C@H](CCCC(=O)OCC(C)C)NC(=O)OCc1ccccc1)C(C)OCC(C)C. The van der Waals surface area contributed by atoms with Crippen LogP contribution in [0.5, 0.6) is 0 Å². The second kappa shape index (κ2) is 17.3. The zero-order valence-corrected chi connectivity index (χ0v) is 22.8. The van der Waals surface area contributed by atoms with Crippen molar-refractivity contribution in [1.82, 2.24) is 10.6 Å². The number of benzene rings is 1. The third-order valence-corrected chi connectivity index (χ3v) is 5.19. The molecule has 1 rings (SSSR count). The maximum absolute atomic E-state index is 13.2. The number of carbonyl (C=O) groups excluding carboxylic acids is 4. The van der Waals surface area contributed by atoms with Crippen LogP contribution in [0.25, 0.3) is 0 Å². The van der Waals surface area contributed by atoms with Crippen molar-refractivity contribution in [2.45, 2.75) is 78.7 Å². The van der Waals surface area contributed by atoms with Crippen LogP contribution in [0.3, 0.4) is 0 Å². The van der Waals surface area contributed by atoms with E-state index in [-0.39, 0.29) is 43.7 Å². The molecule has 0 aliphatic rings. The van der Waals surface area contributed by atoms with E-state index in [1.54, 1.807) is 19.1 Å². The van der Waals surface area contributed by atoms with Crippen molar-refractivity contribution in [1.29, 1.82) is 0 Å². The number of methoxy groups -OCH3 is 1. The molecule has 0 saturated heterocycles. The zero-order chi connectivity index (χ0) is 27.8. The van der Waals surface area contributed by atoms with Crippen molar-refractivity contribution < 1.29 is 38.1 Å². The number of esters is 2. The second-order valence-electron chi connectivity index (χ2n) is 9.67. The lowest BCUT2D eigenvalue weighted by Gasteiger charge is -2.26. The zero-order valence-electron chi connectivity index (χ0n) is 22.8. The Morgan fingerprint density at radius 1 is 0.865 bits per heavy atom. The molecule has 0 bridgehead atoms. The second-order valence-corrected chi connectivity index (χ2v) is 9.67. The molecule has 0 aliphatic heterocycles. The van der Waals surface area contributed by atoms with Gasteiger partial charge in [0.15, 0.2) is 6.04 Å². The summed E-state index contributed by atoms with van der Waals surface area (Å²) in [6.45, 7) is 10.2. The number of hydrogen-bond donors (Lipinski definition) is 2. The Morgan fingerprint density at radius 3 is 2.11 bits per heavy atom. The van der Waals surface area contributed by atoms with Crippen LogP contribution in [0, 0.1) is 11.8 Å². The molecule has 0 saturated carbocycles. The van der Waals surface area contributed by atoms with Crippen LogP contribution in [-0.4, -0.2) is 62.5 Å². The van der Waals surface area contributed by atoms with Gasteiger partial charge in [-0.1, -0.05) is 58.0 Å². The Hall–Kier alpha value is -3.14. The van der Waals surface area contributed by atoms with Gasteiger partial charge >= 0.3 is 18.0 Å². The molecule has 37 heavy (non-hydrogen) atoms. The van der Waals surface area contributed by atoms with Crippen molar-refractivity contribution in [3.8, 4) is 0 Å². The highest BCUT2D eigenvalue weighted by atomic mass is 16.6. The van der Waals surface area contributed by atoms with E-state index < -0.39 is 36.2 Å². The summed E-state index contributed by atoms with van der Waals surface area (Å²) in [5, 5.41) is 5.17. The predicted octanol–water partition coefficient (Wildman–Crippen LogP) is 3.37. The molecule has 0 spiro atoms.